The first-order chi connectivity index (χ1) is 15.1. The molecule has 1 aliphatic rings. The first-order valence-corrected chi connectivity index (χ1v) is 10.6. The van der Waals surface area contributed by atoms with Crippen LogP contribution in [-0.2, 0) is 4.74 Å². The molecule has 0 aliphatic carbocycles. The summed E-state index contributed by atoms with van der Waals surface area (Å²) >= 11 is 12.7. The van der Waals surface area contributed by atoms with Crippen LogP contribution in [0.5, 0.6) is 0 Å². The van der Waals surface area contributed by atoms with E-state index in [0.717, 1.165) is 24.4 Å². The Balaban J connectivity index is 1.51. The second kappa shape index (κ2) is 8.30. The van der Waals surface area contributed by atoms with Crippen molar-refractivity contribution in [1.29, 1.82) is 0 Å². The molecule has 0 amide bonds. The maximum Gasteiger partial charge on any atom is 0.159 e. The Kier molecular flexibility index (Phi) is 5.35. The number of morpholine rings is 1. The minimum atomic E-state index is 0.524. The zero-order valence-electron chi connectivity index (χ0n) is 16.7. The number of benzene rings is 1. The van der Waals surface area contributed by atoms with Crippen LogP contribution < -0.4 is 10.2 Å². The number of halogens is 2. The van der Waals surface area contributed by atoms with E-state index in [-0.39, 0.29) is 0 Å². The Morgan fingerprint density at radius 2 is 1.84 bits per heavy atom. The molecule has 10 heteroatoms. The van der Waals surface area contributed by atoms with E-state index >= 15 is 0 Å². The number of pyridine rings is 1. The number of nitrogens with zero attached hydrogens (tertiary/aromatic N) is 5. The molecule has 3 aromatic heterocycles. The highest BCUT2D eigenvalue weighted by Gasteiger charge is 2.17. The van der Waals surface area contributed by atoms with Gasteiger partial charge in [0.25, 0.3) is 0 Å². The fourth-order valence-electron chi connectivity index (χ4n) is 3.56. The lowest BCUT2D eigenvalue weighted by Crippen LogP contribution is -2.36. The summed E-state index contributed by atoms with van der Waals surface area (Å²) in [6.07, 6.45) is 1.71. The van der Waals surface area contributed by atoms with Gasteiger partial charge in [0.15, 0.2) is 5.82 Å². The van der Waals surface area contributed by atoms with Crippen LogP contribution in [-0.4, -0.2) is 51.2 Å². The molecule has 1 aliphatic heterocycles. The van der Waals surface area contributed by atoms with Gasteiger partial charge in [-0.25, -0.2) is 19.9 Å². The molecule has 0 saturated carbocycles. The Labute approximate surface area is 188 Å². The molecule has 5 rings (SSSR count). The van der Waals surface area contributed by atoms with Crippen LogP contribution >= 0.6 is 23.2 Å². The summed E-state index contributed by atoms with van der Waals surface area (Å²) in [4.78, 5) is 23.7. The normalized spacial score (nSPS) is 14.2. The molecule has 4 heterocycles. The van der Waals surface area contributed by atoms with Crippen molar-refractivity contribution in [3.63, 3.8) is 0 Å². The van der Waals surface area contributed by atoms with Crippen molar-refractivity contribution in [3.05, 3.63) is 52.4 Å². The zero-order valence-corrected chi connectivity index (χ0v) is 18.2. The van der Waals surface area contributed by atoms with Crippen molar-refractivity contribution < 1.29 is 4.74 Å². The molecular weight excluding hydrogens is 437 g/mol. The molecule has 158 valence electrons. The van der Waals surface area contributed by atoms with E-state index in [9.17, 15) is 0 Å². The summed E-state index contributed by atoms with van der Waals surface area (Å²) in [6.45, 7) is 4.84. The highest BCUT2D eigenvalue weighted by atomic mass is 35.5. The van der Waals surface area contributed by atoms with Crippen LogP contribution in [0.2, 0.25) is 10.0 Å². The highest BCUT2D eigenvalue weighted by molar-refractivity contribution is 6.39. The molecule has 0 atom stereocenters. The summed E-state index contributed by atoms with van der Waals surface area (Å²) in [5.41, 5.74) is 2.13. The van der Waals surface area contributed by atoms with Gasteiger partial charge in [-0.15, -0.1) is 0 Å². The Hall–Kier alpha value is -2.94. The Morgan fingerprint density at radius 3 is 2.61 bits per heavy atom. The van der Waals surface area contributed by atoms with E-state index in [0.29, 0.717) is 57.6 Å². The quantitative estimate of drug-likeness (QED) is 0.463. The van der Waals surface area contributed by atoms with Gasteiger partial charge in [0, 0.05) is 25.4 Å². The molecule has 8 nitrogen and oxygen atoms in total. The number of ether oxygens (including phenoxy) is 1. The minimum absolute atomic E-state index is 0.524. The lowest BCUT2D eigenvalue weighted by atomic mass is 10.2. The number of H-pyrrole nitrogens is 1. The van der Waals surface area contributed by atoms with Crippen molar-refractivity contribution in [2.45, 2.75) is 6.92 Å². The smallest absolute Gasteiger partial charge is 0.159 e. The monoisotopic (exact) mass is 455 g/mol. The van der Waals surface area contributed by atoms with Crippen molar-refractivity contribution >= 4 is 51.7 Å². The van der Waals surface area contributed by atoms with E-state index in [2.05, 4.69) is 30.2 Å². The molecule has 1 fully saturated rings. The van der Waals surface area contributed by atoms with Crippen LogP contribution in [0, 0.1) is 6.92 Å². The highest BCUT2D eigenvalue weighted by Crippen LogP contribution is 2.35. The fourth-order valence-corrected chi connectivity index (χ4v) is 4.14. The van der Waals surface area contributed by atoms with E-state index in [1.807, 2.05) is 19.1 Å². The molecule has 0 spiro atoms. The maximum atomic E-state index is 6.36. The number of imidazole rings is 1. The van der Waals surface area contributed by atoms with Crippen LogP contribution in [0.15, 0.2) is 36.5 Å². The zero-order chi connectivity index (χ0) is 21.4. The van der Waals surface area contributed by atoms with Crippen molar-refractivity contribution in [2.24, 2.45) is 0 Å². The summed E-state index contributed by atoms with van der Waals surface area (Å²) in [5, 5.41) is 4.34. The number of aryl methyl sites for hydroxylation is 1. The Bertz CT molecular complexity index is 1230. The predicted molar refractivity (Wildman–Crippen MR) is 122 cm³/mol. The van der Waals surface area contributed by atoms with Gasteiger partial charge >= 0.3 is 0 Å². The first-order valence-electron chi connectivity index (χ1n) is 9.83. The number of anilines is 3. The van der Waals surface area contributed by atoms with Gasteiger partial charge < -0.3 is 19.9 Å². The molecule has 0 bridgehead atoms. The third-order valence-corrected chi connectivity index (χ3v) is 5.64. The van der Waals surface area contributed by atoms with Crippen LogP contribution in [0.25, 0.3) is 22.4 Å². The second-order valence-corrected chi connectivity index (χ2v) is 7.94. The lowest BCUT2D eigenvalue weighted by molar-refractivity contribution is 0.122. The van der Waals surface area contributed by atoms with E-state index in [1.165, 1.54) is 0 Å². The van der Waals surface area contributed by atoms with E-state index in [4.69, 9.17) is 32.9 Å². The number of aromatic nitrogens is 5. The molecule has 1 aromatic carbocycles. The SMILES string of the molecule is Cc1nc(Nc2nccc3[nH]c(-c4c(Cl)cccc4Cl)nc23)cc(N2CCOCC2)n1. The molecule has 0 unspecified atom stereocenters. The molecule has 0 radical (unpaired) electrons. The van der Waals surface area contributed by atoms with Gasteiger partial charge in [-0.2, -0.15) is 0 Å². The van der Waals surface area contributed by atoms with Crippen molar-refractivity contribution in [1.82, 2.24) is 24.9 Å². The lowest BCUT2D eigenvalue weighted by Gasteiger charge is -2.28. The number of fused-ring (bicyclic) bond motifs is 1. The third kappa shape index (κ3) is 4.01. The van der Waals surface area contributed by atoms with Gasteiger partial charge in [0.2, 0.25) is 0 Å². The minimum Gasteiger partial charge on any atom is -0.378 e. The standard InChI is InChI=1S/C21H19Cl2N7O/c1-12-25-16(11-17(26-12)30-7-9-31-10-8-30)28-21-19-15(5-6-24-21)27-20(29-19)18-13(22)3-2-4-14(18)23/h2-6,11H,7-10H2,1H3,(H,27,29)(H,24,25,26,28). The largest absolute Gasteiger partial charge is 0.378 e. The summed E-state index contributed by atoms with van der Waals surface area (Å²) in [6, 6.07) is 9.13. The average molecular weight is 456 g/mol. The van der Waals surface area contributed by atoms with Gasteiger partial charge in [-0.05, 0) is 25.1 Å². The molecule has 4 aromatic rings. The molecule has 2 N–H and O–H groups in total. The number of rotatable bonds is 4. The number of nitrogens with one attached hydrogen (secondary N) is 2. The number of aromatic amines is 1. The Morgan fingerprint density at radius 1 is 1.06 bits per heavy atom. The van der Waals surface area contributed by atoms with Gasteiger partial charge in [-0.1, -0.05) is 29.3 Å². The number of hydrogen-bond donors (Lipinski definition) is 2. The van der Waals surface area contributed by atoms with E-state index < -0.39 is 0 Å². The number of hydrogen-bond acceptors (Lipinski definition) is 7. The van der Waals surface area contributed by atoms with Crippen LogP contribution in [0.3, 0.4) is 0 Å². The van der Waals surface area contributed by atoms with E-state index in [1.54, 1.807) is 24.4 Å². The molecule has 1 saturated heterocycles. The van der Waals surface area contributed by atoms with Gasteiger partial charge in [-0.3, -0.25) is 0 Å². The topological polar surface area (TPSA) is 91.9 Å². The predicted octanol–water partition coefficient (Wildman–Crippen LogP) is 4.61. The first kappa shape index (κ1) is 20.0. The van der Waals surface area contributed by atoms with Gasteiger partial charge in [0.05, 0.1) is 34.3 Å². The summed E-state index contributed by atoms with van der Waals surface area (Å²) < 4.78 is 5.44. The molecule has 31 heavy (non-hydrogen) atoms. The average Bonchev–Trinajstić information content (AvgIpc) is 3.19. The summed E-state index contributed by atoms with van der Waals surface area (Å²) in [5.74, 6) is 3.33. The maximum absolute atomic E-state index is 6.36. The van der Waals surface area contributed by atoms with Crippen LogP contribution in [0.1, 0.15) is 5.82 Å². The van der Waals surface area contributed by atoms with Crippen molar-refractivity contribution in [3.8, 4) is 11.4 Å². The second-order valence-electron chi connectivity index (χ2n) is 7.12. The van der Waals surface area contributed by atoms with Gasteiger partial charge in [0.1, 0.15) is 28.8 Å². The fraction of sp³-hybridized carbons (Fsp3) is 0.238. The molecular formula is C21H19Cl2N7O. The summed E-state index contributed by atoms with van der Waals surface area (Å²) in [7, 11) is 0. The van der Waals surface area contributed by atoms with Crippen molar-refractivity contribution in [2.75, 3.05) is 36.5 Å². The van der Waals surface area contributed by atoms with Crippen LogP contribution in [0.4, 0.5) is 17.5 Å². The third-order valence-electron chi connectivity index (χ3n) is 5.01.